The Labute approximate surface area is 129 Å². The number of hydrogen-bond acceptors (Lipinski definition) is 2. The van der Waals surface area contributed by atoms with Crippen molar-refractivity contribution >= 4 is 11.6 Å². The number of halogens is 2. The van der Waals surface area contributed by atoms with E-state index >= 15 is 0 Å². The first-order valence-corrected chi connectivity index (χ1v) is 7.36. The lowest BCUT2D eigenvalue weighted by atomic mass is 9.98. The van der Waals surface area contributed by atoms with Crippen molar-refractivity contribution < 1.29 is 9.13 Å². The predicted octanol–water partition coefficient (Wildman–Crippen LogP) is 4.58. The van der Waals surface area contributed by atoms with Crippen LogP contribution in [0.2, 0.25) is 5.02 Å². The van der Waals surface area contributed by atoms with Gasteiger partial charge in [-0.3, -0.25) is 0 Å². The maximum Gasteiger partial charge on any atom is 0.146 e. The highest BCUT2D eigenvalue weighted by Gasteiger charge is 2.18. The number of nitrogens with one attached hydrogen (secondary N) is 1. The largest absolute Gasteiger partial charge is 0.497 e. The van der Waals surface area contributed by atoms with Crippen molar-refractivity contribution in [3.05, 3.63) is 64.4 Å². The van der Waals surface area contributed by atoms with E-state index in [1.165, 1.54) is 0 Å². The van der Waals surface area contributed by atoms with Gasteiger partial charge in [-0.15, -0.1) is 0 Å². The first kappa shape index (κ1) is 15.8. The fourth-order valence-corrected chi connectivity index (χ4v) is 2.42. The van der Waals surface area contributed by atoms with E-state index in [0.717, 1.165) is 24.3 Å². The monoisotopic (exact) mass is 307 g/mol. The fourth-order valence-electron chi connectivity index (χ4n) is 2.24. The molecule has 0 fully saturated rings. The number of benzene rings is 2. The van der Waals surface area contributed by atoms with Crippen LogP contribution in [0.3, 0.4) is 0 Å². The summed E-state index contributed by atoms with van der Waals surface area (Å²) in [5.74, 6) is 0.406. The first-order valence-electron chi connectivity index (χ1n) is 6.98. The fraction of sp³-hybridized carbons (Fsp3) is 0.294. The molecule has 1 N–H and O–H groups in total. The highest BCUT2D eigenvalue weighted by molar-refractivity contribution is 6.30. The van der Waals surface area contributed by atoms with Crippen LogP contribution in [0.15, 0.2) is 42.5 Å². The van der Waals surface area contributed by atoms with Gasteiger partial charge in [0, 0.05) is 5.56 Å². The van der Waals surface area contributed by atoms with E-state index in [9.17, 15) is 4.39 Å². The normalized spacial score (nSPS) is 12.2. The molecular formula is C17H19ClFNO. The SMILES string of the molecule is CCCNC(c1ccc(OC)cc1)c1cccc(Cl)c1F. The van der Waals surface area contributed by atoms with Crippen LogP contribution in [0.4, 0.5) is 4.39 Å². The Morgan fingerprint density at radius 3 is 2.52 bits per heavy atom. The van der Waals surface area contributed by atoms with Crippen LogP contribution in [0, 0.1) is 5.82 Å². The Morgan fingerprint density at radius 1 is 1.19 bits per heavy atom. The number of methoxy groups -OCH3 is 1. The first-order chi connectivity index (χ1) is 10.2. The van der Waals surface area contributed by atoms with Crippen LogP contribution in [0.5, 0.6) is 5.75 Å². The molecule has 0 aliphatic rings. The molecule has 0 saturated heterocycles. The van der Waals surface area contributed by atoms with Crippen molar-refractivity contribution in [1.82, 2.24) is 5.32 Å². The summed E-state index contributed by atoms with van der Waals surface area (Å²) in [6.45, 7) is 2.87. The van der Waals surface area contributed by atoms with Crippen molar-refractivity contribution in [1.29, 1.82) is 0 Å². The van der Waals surface area contributed by atoms with Gasteiger partial charge in [0.05, 0.1) is 18.2 Å². The summed E-state index contributed by atoms with van der Waals surface area (Å²) in [4.78, 5) is 0. The van der Waals surface area contributed by atoms with E-state index in [0.29, 0.717) is 5.56 Å². The average Bonchev–Trinajstić information content (AvgIpc) is 2.52. The van der Waals surface area contributed by atoms with Crippen LogP contribution < -0.4 is 10.1 Å². The minimum absolute atomic E-state index is 0.143. The minimum Gasteiger partial charge on any atom is -0.497 e. The molecule has 0 bridgehead atoms. The Morgan fingerprint density at radius 2 is 1.90 bits per heavy atom. The molecule has 1 atom stereocenters. The summed E-state index contributed by atoms with van der Waals surface area (Å²) in [7, 11) is 1.62. The van der Waals surface area contributed by atoms with Gasteiger partial charge in [-0.1, -0.05) is 42.8 Å². The molecule has 2 rings (SSSR count). The van der Waals surface area contributed by atoms with Gasteiger partial charge < -0.3 is 10.1 Å². The predicted molar refractivity (Wildman–Crippen MR) is 84.5 cm³/mol. The third kappa shape index (κ3) is 3.74. The van der Waals surface area contributed by atoms with E-state index in [-0.39, 0.29) is 16.9 Å². The molecule has 0 heterocycles. The number of hydrogen-bond donors (Lipinski definition) is 1. The molecule has 0 aromatic heterocycles. The zero-order valence-corrected chi connectivity index (χ0v) is 13.0. The lowest BCUT2D eigenvalue weighted by Gasteiger charge is -2.21. The van der Waals surface area contributed by atoms with Crippen LogP contribution in [0.1, 0.15) is 30.5 Å². The minimum atomic E-state index is -0.372. The van der Waals surface area contributed by atoms with Crippen molar-refractivity contribution in [3.8, 4) is 5.75 Å². The van der Waals surface area contributed by atoms with Gasteiger partial charge in [0.15, 0.2) is 0 Å². The third-order valence-corrected chi connectivity index (χ3v) is 3.63. The lowest BCUT2D eigenvalue weighted by molar-refractivity contribution is 0.414. The van der Waals surface area contributed by atoms with Gasteiger partial charge in [0.1, 0.15) is 11.6 Å². The molecule has 2 nitrogen and oxygen atoms in total. The van der Waals surface area contributed by atoms with Crippen molar-refractivity contribution in [3.63, 3.8) is 0 Å². The Hall–Kier alpha value is -1.58. The molecule has 0 aliphatic carbocycles. The van der Waals surface area contributed by atoms with Crippen molar-refractivity contribution in [2.24, 2.45) is 0 Å². The zero-order valence-electron chi connectivity index (χ0n) is 12.2. The third-order valence-electron chi connectivity index (χ3n) is 3.34. The van der Waals surface area contributed by atoms with Crippen LogP contribution in [0.25, 0.3) is 0 Å². The summed E-state index contributed by atoms with van der Waals surface area (Å²) in [5, 5.41) is 3.51. The average molecular weight is 308 g/mol. The molecule has 21 heavy (non-hydrogen) atoms. The second-order valence-electron chi connectivity index (χ2n) is 4.80. The van der Waals surface area contributed by atoms with E-state index in [1.54, 1.807) is 25.3 Å². The Balaban J connectivity index is 2.39. The summed E-state index contributed by atoms with van der Waals surface area (Å²) in [6.07, 6.45) is 0.967. The van der Waals surface area contributed by atoms with Crippen molar-refractivity contribution in [2.75, 3.05) is 13.7 Å². The summed E-state index contributed by atoms with van der Waals surface area (Å²) >= 11 is 5.90. The van der Waals surface area contributed by atoms with Crippen LogP contribution >= 0.6 is 11.6 Å². The highest BCUT2D eigenvalue weighted by Crippen LogP contribution is 2.29. The van der Waals surface area contributed by atoms with E-state index in [4.69, 9.17) is 16.3 Å². The molecule has 0 amide bonds. The lowest BCUT2D eigenvalue weighted by Crippen LogP contribution is -2.24. The number of rotatable bonds is 6. The molecule has 0 radical (unpaired) electrons. The van der Waals surface area contributed by atoms with E-state index < -0.39 is 0 Å². The van der Waals surface area contributed by atoms with Gasteiger partial charge in [-0.2, -0.15) is 0 Å². The van der Waals surface area contributed by atoms with Gasteiger partial charge in [0.25, 0.3) is 0 Å². The maximum absolute atomic E-state index is 14.3. The standard InChI is InChI=1S/C17H19ClFNO/c1-3-11-20-17(12-7-9-13(21-2)10-8-12)14-5-4-6-15(18)16(14)19/h4-10,17,20H,3,11H2,1-2H3. The van der Waals surface area contributed by atoms with Crippen LogP contribution in [-0.2, 0) is 0 Å². The van der Waals surface area contributed by atoms with Gasteiger partial charge in [-0.05, 0) is 36.7 Å². The second kappa shape index (κ2) is 7.43. The molecule has 4 heteroatoms. The molecule has 0 aliphatic heterocycles. The van der Waals surface area contributed by atoms with E-state index in [1.807, 2.05) is 24.3 Å². The molecule has 0 saturated carbocycles. The molecule has 2 aromatic carbocycles. The Kier molecular flexibility index (Phi) is 5.59. The summed E-state index contributed by atoms with van der Waals surface area (Å²) in [5.41, 5.74) is 1.53. The molecule has 1 unspecified atom stereocenters. The molecule has 0 spiro atoms. The summed E-state index contributed by atoms with van der Waals surface area (Å²) in [6, 6.07) is 12.5. The molecular weight excluding hydrogens is 289 g/mol. The highest BCUT2D eigenvalue weighted by atomic mass is 35.5. The zero-order chi connectivity index (χ0) is 15.2. The van der Waals surface area contributed by atoms with Gasteiger partial charge >= 0.3 is 0 Å². The second-order valence-corrected chi connectivity index (χ2v) is 5.21. The maximum atomic E-state index is 14.3. The topological polar surface area (TPSA) is 21.3 Å². The summed E-state index contributed by atoms with van der Waals surface area (Å²) < 4.78 is 19.5. The Bertz CT molecular complexity index is 586. The quantitative estimate of drug-likeness (QED) is 0.843. The smallest absolute Gasteiger partial charge is 0.146 e. The molecule has 112 valence electrons. The van der Waals surface area contributed by atoms with Gasteiger partial charge in [0.2, 0.25) is 0 Å². The van der Waals surface area contributed by atoms with Gasteiger partial charge in [-0.25, -0.2) is 4.39 Å². The number of ether oxygens (including phenoxy) is 1. The van der Waals surface area contributed by atoms with E-state index in [2.05, 4.69) is 12.2 Å². The molecule has 2 aromatic rings. The van der Waals surface area contributed by atoms with Crippen LogP contribution in [-0.4, -0.2) is 13.7 Å². The van der Waals surface area contributed by atoms with Crippen molar-refractivity contribution in [2.45, 2.75) is 19.4 Å².